The predicted octanol–water partition coefficient (Wildman–Crippen LogP) is 3.71. The number of nitrogens with zero attached hydrogens (tertiary/aromatic N) is 2. The molecule has 1 atom stereocenters. The minimum Gasteiger partial charge on any atom is -0.365 e. The molecular weight excluding hydrogens is 312 g/mol. The number of hydrogen-bond acceptors (Lipinski definition) is 5. The Balaban J connectivity index is 1.48. The third-order valence-corrected chi connectivity index (χ3v) is 5.10. The second-order valence-corrected chi connectivity index (χ2v) is 6.75. The van der Waals surface area contributed by atoms with Crippen molar-refractivity contribution in [3.63, 3.8) is 0 Å². The first-order chi connectivity index (χ1) is 11.3. The quantitative estimate of drug-likeness (QED) is 0.808. The lowest BCUT2D eigenvalue weighted by atomic mass is 10.00. The summed E-state index contributed by atoms with van der Waals surface area (Å²) in [7, 11) is 0. The molecule has 0 saturated carbocycles. The fraction of sp³-hybridized carbons (Fsp3) is 0.529. The molecule has 0 radical (unpaired) electrons. The van der Waals surface area contributed by atoms with E-state index in [4.69, 9.17) is 9.26 Å². The highest BCUT2D eigenvalue weighted by atomic mass is 32.1. The van der Waals surface area contributed by atoms with Crippen LogP contribution in [0.4, 0.5) is 0 Å². The number of carbonyl (C=O) groups excluding carboxylic acids is 1. The van der Waals surface area contributed by atoms with Gasteiger partial charge in [-0.15, -0.1) is 11.3 Å². The molecule has 1 saturated heterocycles. The monoisotopic (exact) mass is 334 g/mol. The van der Waals surface area contributed by atoms with E-state index in [0.717, 1.165) is 36.4 Å². The van der Waals surface area contributed by atoms with Crippen LogP contribution in [0.15, 0.2) is 28.1 Å². The molecule has 0 unspecified atom stereocenters. The molecule has 0 N–H and O–H groups in total. The number of ether oxygens (including phenoxy) is 1. The van der Waals surface area contributed by atoms with Crippen molar-refractivity contribution >= 4 is 17.2 Å². The van der Waals surface area contributed by atoms with Crippen molar-refractivity contribution in [3.05, 3.63) is 29.3 Å². The third kappa shape index (κ3) is 4.00. The van der Waals surface area contributed by atoms with Gasteiger partial charge in [-0.2, -0.15) is 0 Å². The van der Waals surface area contributed by atoms with Gasteiger partial charge in [-0.05, 0) is 37.1 Å². The number of amides is 1. The second kappa shape index (κ2) is 7.75. The zero-order valence-electron chi connectivity index (χ0n) is 13.4. The van der Waals surface area contributed by atoms with Crippen LogP contribution in [0.3, 0.4) is 0 Å². The standard InChI is InChI=1S/C17H22N2O3S/c1-2-14-6-3-4-8-19(14)17(20)12-21-11-13-10-15(22-18-13)16-7-5-9-23-16/h5,7,9-10,14H,2-4,6,8,11-12H2,1H3/t14-/m0/s1. The lowest BCUT2D eigenvalue weighted by molar-refractivity contribution is -0.140. The van der Waals surface area contributed by atoms with Crippen LogP contribution < -0.4 is 0 Å². The zero-order valence-corrected chi connectivity index (χ0v) is 14.2. The highest BCUT2D eigenvalue weighted by molar-refractivity contribution is 7.13. The van der Waals surface area contributed by atoms with Gasteiger partial charge in [-0.1, -0.05) is 18.1 Å². The number of hydrogen-bond donors (Lipinski definition) is 0. The van der Waals surface area contributed by atoms with Crippen LogP contribution in [0.2, 0.25) is 0 Å². The minimum absolute atomic E-state index is 0.0820. The normalized spacial score (nSPS) is 18.3. The SMILES string of the molecule is CC[C@H]1CCCCN1C(=O)COCc1cc(-c2cccs2)on1. The Morgan fingerprint density at radius 2 is 2.43 bits per heavy atom. The Bertz CT molecular complexity index is 624. The van der Waals surface area contributed by atoms with E-state index in [2.05, 4.69) is 12.1 Å². The van der Waals surface area contributed by atoms with Crippen LogP contribution >= 0.6 is 11.3 Å². The van der Waals surface area contributed by atoms with Crippen LogP contribution in [0.5, 0.6) is 0 Å². The molecule has 6 heteroatoms. The average Bonchev–Trinajstić information content (AvgIpc) is 3.26. The van der Waals surface area contributed by atoms with Crippen LogP contribution in [0.25, 0.3) is 10.6 Å². The molecule has 1 aliphatic heterocycles. The first-order valence-corrected chi connectivity index (χ1v) is 9.02. The molecule has 5 nitrogen and oxygen atoms in total. The van der Waals surface area contributed by atoms with Crippen molar-refractivity contribution in [3.8, 4) is 10.6 Å². The zero-order chi connectivity index (χ0) is 16.1. The highest BCUT2D eigenvalue weighted by Gasteiger charge is 2.25. The molecule has 0 aliphatic carbocycles. The highest BCUT2D eigenvalue weighted by Crippen LogP contribution is 2.25. The first-order valence-electron chi connectivity index (χ1n) is 8.14. The molecule has 1 aliphatic rings. The first kappa shape index (κ1) is 16.2. The number of thiophene rings is 1. The maximum absolute atomic E-state index is 12.3. The Morgan fingerprint density at radius 1 is 1.52 bits per heavy atom. The van der Waals surface area contributed by atoms with Gasteiger partial charge in [0.05, 0.1) is 11.5 Å². The number of carbonyl (C=O) groups is 1. The van der Waals surface area contributed by atoms with Crippen LogP contribution in [-0.2, 0) is 16.1 Å². The summed E-state index contributed by atoms with van der Waals surface area (Å²) in [6.07, 6.45) is 4.43. The van der Waals surface area contributed by atoms with Crippen LogP contribution in [0, 0.1) is 0 Å². The molecule has 0 bridgehead atoms. The summed E-state index contributed by atoms with van der Waals surface area (Å²) >= 11 is 1.60. The van der Waals surface area contributed by atoms with E-state index in [1.807, 2.05) is 28.5 Å². The van der Waals surface area contributed by atoms with Crippen molar-refractivity contribution < 1.29 is 14.1 Å². The predicted molar refractivity (Wildman–Crippen MR) is 89.1 cm³/mol. The molecule has 1 fully saturated rings. The molecule has 23 heavy (non-hydrogen) atoms. The van der Waals surface area contributed by atoms with Crippen molar-refractivity contribution in [2.75, 3.05) is 13.2 Å². The summed E-state index contributed by atoms with van der Waals surface area (Å²) in [5.74, 6) is 0.825. The Kier molecular flexibility index (Phi) is 5.46. The molecule has 2 aromatic rings. The van der Waals surface area contributed by atoms with E-state index >= 15 is 0 Å². The van der Waals surface area contributed by atoms with Crippen LogP contribution in [-0.4, -0.2) is 35.2 Å². The topological polar surface area (TPSA) is 55.6 Å². The van der Waals surface area contributed by atoms with E-state index in [-0.39, 0.29) is 12.5 Å². The summed E-state index contributed by atoms with van der Waals surface area (Å²) in [5, 5.41) is 5.99. The number of likely N-dealkylation sites (tertiary alicyclic amines) is 1. The molecule has 3 heterocycles. The van der Waals surface area contributed by atoms with Gasteiger partial charge in [0.1, 0.15) is 12.3 Å². The van der Waals surface area contributed by atoms with Gasteiger partial charge < -0.3 is 14.2 Å². The summed E-state index contributed by atoms with van der Waals surface area (Å²) in [6.45, 7) is 3.40. The Hall–Kier alpha value is -1.66. The van der Waals surface area contributed by atoms with Crippen molar-refractivity contribution in [1.82, 2.24) is 10.1 Å². The molecule has 3 rings (SSSR count). The molecule has 2 aromatic heterocycles. The molecule has 0 spiro atoms. The average molecular weight is 334 g/mol. The lowest BCUT2D eigenvalue weighted by Crippen LogP contribution is -2.45. The maximum atomic E-state index is 12.3. The van der Waals surface area contributed by atoms with Gasteiger partial charge in [0.2, 0.25) is 5.91 Å². The Morgan fingerprint density at radius 3 is 3.22 bits per heavy atom. The van der Waals surface area contributed by atoms with Gasteiger partial charge in [-0.3, -0.25) is 4.79 Å². The maximum Gasteiger partial charge on any atom is 0.248 e. The van der Waals surface area contributed by atoms with Crippen LogP contribution in [0.1, 0.15) is 38.3 Å². The molecule has 124 valence electrons. The van der Waals surface area contributed by atoms with Crippen molar-refractivity contribution in [2.45, 2.75) is 45.3 Å². The summed E-state index contributed by atoms with van der Waals surface area (Å²) in [4.78, 5) is 15.3. The van der Waals surface area contributed by atoms with Crippen molar-refractivity contribution in [1.29, 1.82) is 0 Å². The second-order valence-electron chi connectivity index (χ2n) is 5.80. The smallest absolute Gasteiger partial charge is 0.248 e. The van der Waals surface area contributed by atoms with E-state index in [0.29, 0.717) is 18.3 Å². The van der Waals surface area contributed by atoms with E-state index in [1.54, 1.807) is 11.3 Å². The summed E-state index contributed by atoms with van der Waals surface area (Å²) in [5.41, 5.74) is 0.715. The van der Waals surface area contributed by atoms with E-state index in [1.165, 1.54) is 6.42 Å². The fourth-order valence-electron chi connectivity index (χ4n) is 2.99. The largest absolute Gasteiger partial charge is 0.365 e. The van der Waals surface area contributed by atoms with E-state index in [9.17, 15) is 4.79 Å². The van der Waals surface area contributed by atoms with Gasteiger partial charge in [-0.25, -0.2) is 0 Å². The summed E-state index contributed by atoms with van der Waals surface area (Å²) in [6, 6.07) is 6.20. The van der Waals surface area contributed by atoms with E-state index < -0.39 is 0 Å². The molecule has 0 aromatic carbocycles. The number of aromatic nitrogens is 1. The fourth-order valence-corrected chi connectivity index (χ4v) is 3.67. The molecular formula is C17H22N2O3S. The summed E-state index contributed by atoms with van der Waals surface area (Å²) < 4.78 is 10.9. The number of rotatable bonds is 6. The third-order valence-electron chi connectivity index (χ3n) is 4.22. The minimum atomic E-state index is 0.0820. The Labute approximate surface area is 140 Å². The van der Waals surface area contributed by atoms with Gasteiger partial charge in [0.25, 0.3) is 0 Å². The lowest BCUT2D eigenvalue weighted by Gasteiger charge is -2.35. The molecule has 1 amide bonds. The van der Waals surface area contributed by atoms with Gasteiger partial charge in [0, 0.05) is 18.7 Å². The van der Waals surface area contributed by atoms with Crippen molar-refractivity contribution in [2.24, 2.45) is 0 Å². The van der Waals surface area contributed by atoms with Gasteiger partial charge in [0.15, 0.2) is 5.76 Å². The van der Waals surface area contributed by atoms with Gasteiger partial charge >= 0.3 is 0 Å². The number of piperidine rings is 1.